The molecule has 0 aliphatic rings. The Hall–Kier alpha value is -3.95. The van der Waals surface area contributed by atoms with Crippen LogP contribution in [0, 0.1) is 0 Å². The Morgan fingerprint density at radius 2 is 1.96 bits per heavy atom. The maximum absolute atomic E-state index is 12.1. The molecule has 3 rings (SSSR count). The molecule has 0 aliphatic heterocycles. The highest BCUT2D eigenvalue weighted by Crippen LogP contribution is 2.15. The largest absolute Gasteiger partial charge is 0.453 e. The monoisotopic (exact) mass is 367 g/mol. The molecule has 3 amide bonds. The summed E-state index contributed by atoms with van der Waals surface area (Å²) < 4.78 is 6.07. The molecule has 0 unspecified atom stereocenters. The van der Waals surface area contributed by atoms with Gasteiger partial charge >= 0.3 is 12.1 Å². The molecular weight excluding hydrogens is 350 g/mol. The number of benzene rings is 1. The SMILES string of the molecule is COC(=O)Nc1cccc(NC(=O)NCc2ccc(-n3cncn3)nc2)c1. The van der Waals surface area contributed by atoms with Crippen molar-refractivity contribution in [3.05, 3.63) is 60.8 Å². The van der Waals surface area contributed by atoms with E-state index in [0.29, 0.717) is 23.7 Å². The van der Waals surface area contributed by atoms with Gasteiger partial charge in [0.1, 0.15) is 12.7 Å². The Morgan fingerprint density at radius 3 is 2.63 bits per heavy atom. The van der Waals surface area contributed by atoms with Gasteiger partial charge in [0.05, 0.1) is 7.11 Å². The number of carbonyl (C=O) groups excluding carboxylic acids is 2. The van der Waals surface area contributed by atoms with Gasteiger partial charge in [-0.05, 0) is 29.8 Å². The summed E-state index contributed by atoms with van der Waals surface area (Å²) in [6.45, 7) is 0.302. The molecule has 3 N–H and O–H groups in total. The fraction of sp³-hybridized carbons (Fsp3) is 0.118. The molecule has 138 valence electrons. The van der Waals surface area contributed by atoms with Crippen molar-refractivity contribution >= 4 is 23.5 Å². The first kappa shape index (κ1) is 17.9. The standard InChI is InChI=1S/C17H17N7O3/c1-27-17(26)23-14-4-2-3-13(7-14)22-16(25)20-9-12-5-6-15(19-8-12)24-11-18-10-21-24/h2-8,10-11H,9H2,1H3,(H,23,26)(H2,20,22,25). The third-order valence-corrected chi connectivity index (χ3v) is 3.47. The molecule has 0 bridgehead atoms. The highest BCUT2D eigenvalue weighted by Gasteiger charge is 2.05. The number of carbonyl (C=O) groups is 2. The molecule has 3 aromatic rings. The number of amides is 3. The summed E-state index contributed by atoms with van der Waals surface area (Å²) >= 11 is 0. The second-order valence-electron chi connectivity index (χ2n) is 5.37. The number of nitrogens with zero attached hydrogens (tertiary/aromatic N) is 4. The van der Waals surface area contributed by atoms with E-state index in [2.05, 4.69) is 35.8 Å². The third-order valence-electron chi connectivity index (χ3n) is 3.47. The molecule has 0 atom stereocenters. The minimum Gasteiger partial charge on any atom is -0.453 e. The van der Waals surface area contributed by atoms with Gasteiger partial charge in [0, 0.05) is 24.1 Å². The summed E-state index contributed by atoms with van der Waals surface area (Å²) in [5.41, 5.74) is 1.86. The van der Waals surface area contributed by atoms with Crippen molar-refractivity contribution in [2.24, 2.45) is 0 Å². The summed E-state index contributed by atoms with van der Waals surface area (Å²) in [5, 5.41) is 12.0. The van der Waals surface area contributed by atoms with Crippen LogP contribution in [0.25, 0.3) is 5.82 Å². The second kappa shape index (κ2) is 8.43. The zero-order chi connectivity index (χ0) is 19.1. The molecule has 2 heterocycles. The normalized spacial score (nSPS) is 10.1. The van der Waals surface area contributed by atoms with Crippen LogP contribution in [0.15, 0.2) is 55.2 Å². The lowest BCUT2D eigenvalue weighted by Gasteiger charge is -2.10. The first-order chi connectivity index (χ1) is 13.1. The van der Waals surface area contributed by atoms with Gasteiger partial charge in [-0.3, -0.25) is 5.32 Å². The Kier molecular flexibility index (Phi) is 5.57. The van der Waals surface area contributed by atoms with Crippen LogP contribution in [0.5, 0.6) is 0 Å². The lowest BCUT2D eigenvalue weighted by atomic mass is 10.2. The van der Waals surface area contributed by atoms with E-state index in [9.17, 15) is 9.59 Å². The number of methoxy groups -OCH3 is 1. The van der Waals surface area contributed by atoms with E-state index in [-0.39, 0.29) is 6.03 Å². The van der Waals surface area contributed by atoms with Crippen LogP contribution in [0.1, 0.15) is 5.56 Å². The number of urea groups is 1. The molecule has 2 aromatic heterocycles. The quantitative estimate of drug-likeness (QED) is 0.635. The highest BCUT2D eigenvalue weighted by atomic mass is 16.5. The molecule has 0 fully saturated rings. The molecule has 0 aliphatic carbocycles. The van der Waals surface area contributed by atoms with Crippen molar-refractivity contribution in [2.45, 2.75) is 6.54 Å². The predicted octanol–water partition coefficient (Wildman–Crippen LogP) is 2.16. The number of hydrogen-bond acceptors (Lipinski definition) is 6. The summed E-state index contributed by atoms with van der Waals surface area (Å²) in [5.74, 6) is 0.635. The van der Waals surface area contributed by atoms with Crippen molar-refractivity contribution in [3.63, 3.8) is 0 Å². The van der Waals surface area contributed by atoms with Crippen LogP contribution in [0.2, 0.25) is 0 Å². The van der Waals surface area contributed by atoms with Gasteiger partial charge in [-0.2, -0.15) is 5.10 Å². The maximum atomic E-state index is 12.1. The van der Waals surface area contributed by atoms with Crippen molar-refractivity contribution in [1.29, 1.82) is 0 Å². The van der Waals surface area contributed by atoms with Crippen molar-refractivity contribution in [2.75, 3.05) is 17.7 Å². The smallest absolute Gasteiger partial charge is 0.411 e. The average molecular weight is 367 g/mol. The highest BCUT2D eigenvalue weighted by molar-refractivity contribution is 5.91. The number of hydrogen-bond donors (Lipinski definition) is 3. The molecule has 27 heavy (non-hydrogen) atoms. The van der Waals surface area contributed by atoms with E-state index >= 15 is 0 Å². The fourth-order valence-electron chi connectivity index (χ4n) is 2.18. The lowest BCUT2D eigenvalue weighted by molar-refractivity contribution is 0.187. The first-order valence-corrected chi connectivity index (χ1v) is 7.94. The average Bonchev–Trinajstić information content (AvgIpc) is 3.22. The van der Waals surface area contributed by atoms with E-state index < -0.39 is 6.09 Å². The lowest BCUT2D eigenvalue weighted by Crippen LogP contribution is -2.28. The number of rotatable bonds is 5. The van der Waals surface area contributed by atoms with Crippen LogP contribution in [0.3, 0.4) is 0 Å². The predicted molar refractivity (Wildman–Crippen MR) is 97.5 cm³/mol. The summed E-state index contributed by atoms with van der Waals surface area (Å²) in [6.07, 6.45) is 4.05. The minimum absolute atomic E-state index is 0.302. The van der Waals surface area contributed by atoms with Crippen LogP contribution < -0.4 is 16.0 Å². The van der Waals surface area contributed by atoms with Gasteiger partial charge in [-0.15, -0.1) is 0 Å². The minimum atomic E-state index is -0.585. The van der Waals surface area contributed by atoms with E-state index in [1.165, 1.54) is 13.4 Å². The molecule has 10 nitrogen and oxygen atoms in total. The van der Waals surface area contributed by atoms with Gasteiger partial charge in [0.15, 0.2) is 5.82 Å². The van der Waals surface area contributed by atoms with Crippen molar-refractivity contribution in [3.8, 4) is 5.82 Å². The molecule has 0 spiro atoms. The Labute approximate surface area is 154 Å². The van der Waals surface area contributed by atoms with Gasteiger partial charge in [-0.1, -0.05) is 12.1 Å². The van der Waals surface area contributed by atoms with Gasteiger partial charge < -0.3 is 15.4 Å². The molecule has 10 heteroatoms. The topological polar surface area (TPSA) is 123 Å². The number of ether oxygens (including phenoxy) is 1. The second-order valence-corrected chi connectivity index (χ2v) is 5.37. The van der Waals surface area contributed by atoms with Crippen LogP contribution in [0.4, 0.5) is 21.0 Å². The van der Waals surface area contributed by atoms with Gasteiger partial charge in [0.2, 0.25) is 0 Å². The fourth-order valence-corrected chi connectivity index (χ4v) is 2.18. The maximum Gasteiger partial charge on any atom is 0.411 e. The van der Waals surface area contributed by atoms with E-state index in [4.69, 9.17) is 0 Å². The summed E-state index contributed by atoms with van der Waals surface area (Å²) in [4.78, 5) is 31.4. The number of pyridine rings is 1. The Balaban J connectivity index is 1.52. The Morgan fingerprint density at radius 1 is 1.15 bits per heavy atom. The third kappa shape index (κ3) is 5.01. The van der Waals surface area contributed by atoms with Crippen molar-refractivity contribution < 1.29 is 14.3 Å². The zero-order valence-corrected chi connectivity index (χ0v) is 14.4. The molecule has 1 aromatic carbocycles. The van der Waals surface area contributed by atoms with Crippen LogP contribution >= 0.6 is 0 Å². The zero-order valence-electron chi connectivity index (χ0n) is 14.4. The number of aromatic nitrogens is 4. The molecule has 0 radical (unpaired) electrons. The van der Waals surface area contributed by atoms with Crippen LogP contribution in [-0.2, 0) is 11.3 Å². The number of anilines is 2. The molecule has 0 saturated heterocycles. The van der Waals surface area contributed by atoms with Gasteiger partial charge in [0.25, 0.3) is 0 Å². The summed E-state index contributed by atoms with van der Waals surface area (Å²) in [6, 6.07) is 9.94. The number of nitrogens with one attached hydrogen (secondary N) is 3. The Bertz CT molecular complexity index is 911. The molecular formula is C17H17N7O3. The van der Waals surface area contributed by atoms with E-state index in [1.54, 1.807) is 47.5 Å². The van der Waals surface area contributed by atoms with E-state index in [1.807, 2.05) is 6.07 Å². The summed E-state index contributed by atoms with van der Waals surface area (Å²) in [7, 11) is 1.28. The first-order valence-electron chi connectivity index (χ1n) is 7.94. The van der Waals surface area contributed by atoms with Crippen molar-refractivity contribution in [1.82, 2.24) is 25.1 Å². The van der Waals surface area contributed by atoms with Gasteiger partial charge in [-0.25, -0.2) is 24.2 Å². The van der Waals surface area contributed by atoms with Crippen LogP contribution in [-0.4, -0.2) is 39.0 Å². The molecule has 0 saturated carbocycles. The van der Waals surface area contributed by atoms with E-state index in [0.717, 1.165) is 5.56 Å².